The van der Waals surface area contributed by atoms with E-state index in [0.717, 1.165) is 12.8 Å². The van der Waals surface area contributed by atoms with Crippen LogP contribution in [0.4, 0.5) is 0 Å². The summed E-state index contributed by atoms with van der Waals surface area (Å²) < 4.78 is 4.96. The minimum atomic E-state index is -0.333. The minimum Gasteiger partial charge on any atom is -0.578 e. The lowest BCUT2D eigenvalue weighted by Gasteiger charge is -2.13. The van der Waals surface area contributed by atoms with Crippen LogP contribution in [0.5, 0.6) is 0 Å². The van der Waals surface area contributed by atoms with E-state index < -0.39 is 0 Å². The fraction of sp³-hybridized carbons (Fsp3) is 0.846. The van der Waals surface area contributed by atoms with E-state index in [9.17, 15) is 4.79 Å². The SMILES string of the molecule is CCCCCCCCCCC1O[C-]=NC1=O. The van der Waals surface area contributed by atoms with Crippen LogP contribution in [0, 0.1) is 0 Å². The Morgan fingerprint density at radius 3 is 2.31 bits per heavy atom. The number of hydrogen-bond acceptors (Lipinski definition) is 2. The molecule has 1 atom stereocenters. The zero-order chi connectivity index (χ0) is 11.6. The van der Waals surface area contributed by atoms with Gasteiger partial charge in [0.2, 0.25) is 0 Å². The fourth-order valence-electron chi connectivity index (χ4n) is 1.90. The summed E-state index contributed by atoms with van der Waals surface area (Å²) in [7, 11) is 0. The number of amides is 1. The Bertz CT molecular complexity index is 226. The number of rotatable bonds is 9. The van der Waals surface area contributed by atoms with Crippen molar-refractivity contribution in [2.45, 2.75) is 70.8 Å². The van der Waals surface area contributed by atoms with Gasteiger partial charge in [0.1, 0.15) is 5.91 Å². The Labute approximate surface area is 98.3 Å². The fourth-order valence-corrected chi connectivity index (χ4v) is 1.90. The van der Waals surface area contributed by atoms with Crippen molar-refractivity contribution in [3.63, 3.8) is 0 Å². The normalized spacial score (nSPS) is 19.1. The molecule has 0 saturated heterocycles. The average Bonchev–Trinajstić information content (AvgIpc) is 2.68. The zero-order valence-electron chi connectivity index (χ0n) is 10.2. The molecule has 0 aromatic heterocycles. The van der Waals surface area contributed by atoms with Crippen molar-refractivity contribution in [1.29, 1.82) is 0 Å². The highest BCUT2D eigenvalue weighted by molar-refractivity contribution is 5.91. The monoisotopic (exact) mass is 224 g/mol. The van der Waals surface area contributed by atoms with Gasteiger partial charge in [0.25, 0.3) is 0 Å². The number of carbonyl (C=O) groups excluding carboxylic acids is 1. The van der Waals surface area contributed by atoms with Crippen LogP contribution in [-0.4, -0.2) is 18.4 Å². The van der Waals surface area contributed by atoms with Gasteiger partial charge in [-0.05, 0) is 6.42 Å². The van der Waals surface area contributed by atoms with E-state index in [4.69, 9.17) is 4.74 Å². The maximum Gasteiger partial charge on any atom is 0.127 e. The number of ether oxygens (including phenoxy) is 1. The predicted molar refractivity (Wildman–Crippen MR) is 64.5 cm³/mol. The molecule has 1 unspecified atom stereocenters. The van der Waals surface area contributed by atoms with Crippen LogP contribution in [0.3, 0.4) is 0 Å². The molecular formula is C13H22NO2-. The van der Waals surface area contributed by atoms with Crippen LogP contribution in [0.2, 0.25) is 0 Å². The third kappa shape index (κ3) is 5.29. The second-order valence-electron chi connectivity index (χ2n) is 4.41. The molecule has 1 rings (SSSR count). The molecule has 0 fully saturated rings. The molecule has 1 heterocycles. The molecule has 3 heteroatoms. The number of aliphatic imine (C=N–C) groups is 1. The van der Waals surface area contributed by atoms with Gasteiger partial charge in [-0.25, -0.2) is 0 Å². The van der Waals surface area contributed by atoms with Crippen LogP contribution in [-0.2, 0) is 9.53 Å². The van der Waals surface area contributed by atoms with Crippen molar-refractivity contribution in [3.8, 4) is 0 Å². The summed E-state index contributed by atoms with van der Waals surface area (Å²) in [6.45, 7) is 2.23. The van der Waals surface area contributed by atoms with E-state index in [1.54, 1.807) is 0 Å². The van der Waals surface area contributed by atoms with Crippen molar-refractivity contribution in [3.05, 3.63) is 0 Å². The van der Waals surface area contributed by atoms with Gasteiger partial charge in [0.15, 0.2) is 0 Å². The Hall–Kier alpha value is -0.860. The van der Waals surface area contributed by atoms with E-state index >= 15 is 0 Å². The molecular weight excluding hydrogens is 202 g/mol. The second kappa shape index (κ2) is 8.31. The summed E-state index contributed by atoms with van der Waals surface area (Å²) >= 11 is 0. The van der Waals surface area contributed by atoms with Crippen molar-refractivity contribution in [2.24, 2.45) is 4.99 Å². The third-order valence-corrected chi connectivity index (χ3v) is 2.95. The number of unbranched alkanes of at least 4 members (excludes halogenated alkanes) is 7. The lowest BCUT2D eigenvalue weighted by molar-refractivity contribution is -0.122. The van der Waals surface area contributed by atoms with Gasteiger partial charge in [0.05, 0.1) is 6.10 Å². The third-order valence-electron chi connectivity index (χ3n) is 2.95. The van der Waals surface area contributed by atoms with E-state index in [1.165, 1.54) is 44.9 Å². The maximum absolute atomic E-state index is 11.1. The van der Waals surface area contributed by atoms with Crippen LogP contribution in [0.1, 0.15) is 64.7 Å². The van der Waals surface area contributed by atoms with Crippen molar-refractivity contribution < 1.29 is 9.53 Å². The molecule has 1 amide bonds. The van der Waals surface area contributed by atoms with Gasteiger partial charge in [-0.2, -0.15) is 0 Å². The first-order chi connectivity index (χ1) is 7.84. The van der Waals surface area contributed by atoms with E-state index in [-0.39, 0.29) is 12.0 Å². The topological polar surface area (TPSA) is 38.7 Å². The van der Waals surface area contributed by atoms with Crippen LogP contribution < -0.4 is 0 Å². The predicted octanol–water partition coefficient (Wildman–Crippen LogP) is 3.35. The maximum atomic E-state index is 11.1. The van der Waals surface area contributed by atoms with Crippen molar-refractivity contribution in [1.82, 2.24) is 0 Å². The van der Waals surface area contributed by atoms with E-state index in [1.807, 2.05) is 0 Å². The van der Waals surface area contributed by atoms with Crippen molar-refractivity contribution >= 4 is 12.3 Å². The molecule has 0 aromatic carbocycles. The standard InChI is InChI=1S/C13H22NO2/c1-2-3-4-5-6-7-8-9-10-12-13(15)14-11-16-12/h12H,2-10H2,1H3/q-1. The van der Waals surface area contributed by atoms with Gasteiger partial charge in [-0.15, -0.1) is 0 Å². The van der Waals surface area contributed by atoms with E-state index in [2.05, 4.69) is 18.3 Å². The largest absolute Gasteiger partial charge is 0.578 e. The molecule has 0 saturated carbocycles. The average molecular weight is 224 g/mol. The second-order valence-corrected chi connectivity index (χ2v) is 4.41. The lowest BCUT2D eigenvalue weighted by Crippen LogP contribution is -2.15. The molecule has 16 heavy (non-hydrogen) atoms. The Kier molecular flexibility index (Phi) is 6.86. The first-order valence-corrected chi connectivity index (χ1v) is 6.50. The molecule has 0 N–H and O–H groups in total. The number of nitrogens with zero attached hydrogens (tertiary/aromatic N) is 1. The molecule has 0 radical (unpaired) electrons. The van der Waals surface area contributed by atoms with Gasteiger partial charge >= 0.3 is 0 Å². The lowest BCUT2D eigenvalue weighted by atomic mass is 10.1. The highest BCUT2D eigenvalue weighted by Gasteiger charge is 2.11. The van der Waals surface area contributed by atoms with Crippen LogP contribution >= 0.6 is 0 Å². The Morgan fingerprint density at radius 2 is 1.75 bits per heavy atom. The quantitative estimate of drug-likeness (QED) is 0.445. The van der Waals surface area contributed by atoms with Gasteiger partial charge in [-0.1, -0.05) is 58.3 Å². The number of hydrogen-bond donors (Lipinski definition) is 0. The molecule has 0 spiro atoms. The van der Waals surface area contributed by atoms with Crippen LogP contribution in [0.25, 0.3) is 0 Å². The summed E-state index contributed by atoms with van der Waals surface area (Å²) in [5.41, 5.74) is 0. The first kappa shape index (κ1) is 13.2. The highest BCUT2D eigenvalue weighted by Crippen LogP contribution is 2.13. The molecule has 3 nitrogen and oxygen atoms in total. The van der Waals surface area contributed by atoms with Gasteiger partial charge < -0.3 is 14.5 Å². The van der Waals surface area contributed by atoms with Gasteiger partial charge in [-0.3, -0.25) is 0 Å². The first-order valence-electron chi connectivity index (χ1n) is 6.50. The Morgan fingerprint density at radius 1 is 1.12 bits per heavy atom. The van der Waals surface area contributed by atoms with E-state index in [0.29, 0.717) is 0 Å². The van der Waals surface area contributed by atoms with Gasteiger partial charge in [0, 0.05) is 6.40 Å². The summed E-state index contributed by atoms with van der Waals surface area (Å²) in [6, 6.07) is 0. The number of carbonyl (C=O) groups is 1. The molecule has 0 aliphatic carbocycles. The zero-order valence-corrected chi connectivity index (χ0v) is 10.2. The summed E-state index contributed by atoms with van der Waals surface area (Å²) in [4.78, 5) is 14.5. The minimum absolute atomic E-state index is 0.164. The smallest absolute Gasteiger partial charge is 0.127 e. The van der Waals surface area contributed by atoms with Crippen LogP contribution in [0.15, 0.2) is 4.99 Å². The summed E-state index contributed by atoms with van der Waals surface area (Å²) in [5.74, 6) is -0.164. The highest BCUT2D eigenvalue weighted by atomic mass is 16.5. The Balaban J connectivity index is 1.83. The molecule has 92 valence electrons. The molecule has 1 aliphatic heterocycles. The molecule has 0 bridgehead atoms. The summed E-state index contributed by atoms with van der Waals surface area (Å²) in [5, 5.41) is 0. The summed E-state index contributed by atoms with van der Waals surface area (Å²) in [6.07, 6.45) is 13.0. The molecule has 1 aliphatic rings. The molecule has 0 aromatic rings. The van der Waals surface area contributed by atoms with Crippen molar-refractivity contribution in [2.75, 3.05) is 0 Å².